The molecule has 0 atom stereocenters. The van der Waals surface area contributed by atoms with Crippen LogP contribution in [0.3, 0.4) is 0 Å². The van der Waals surface area contributed by atoms with Crippen molar-refractivity contribution < 1.29 is 18.8 Å². The highest BCUT2D eigenvalue weighted by atomic mass is 16.3. The average Bonchev–Trinajstić information content (AvgIpc) is 3.14. The molecule has 1 fully saturated rings. The molecular formula is C19H29N3O4. The Labute approximate surface area is 154 Å². The molecule has 7 nitrogen and oxygen atoms in total. The van der Waals surface area contributed by atoms with E-state index < -0.39 is 5.41 Å². The van der Waals surface area contributed by atoms with Crippen molar-refractivity contribution in [3.63, 3.8) is 0 Å². The van der Waals surface area contributed by atoms with Crippen LogP contribution in [0.5, 0.6) is 0 Å². The predicted molar refractivity (Wildman–Crippen MR) is 97.4 cm³/mol. The van der Waals surface area contributed by atoms with E-state index in [9.17, 15) is 14.4 Å². The zero-order chi connectivity index (χ0) is 19.3. The van der Waals surface area contributed by atoms with Crippen LogP contribution in [0.25, 0.3) is 0 Å². The molecule has 0 bridgehead atoms. The van der Waals surface area contributed by atoms with Gasteiger partial charge in [-0.15, -0.1) is 0 Å². The van der Waals surface area contributed by atoms with Gasteiger partial charge in [-0.05, 0) is 38.3 Å². The van der Waals surface area contributed by atoms with Gasteiger partial charge in [0, 0.05) is 32.7 Å². The molecule has 1 N–H and O–H groups in total. The van der Waals surface area contributed by atoms with Gasteiger partial charge in [0.25, 0.3) is 5.91 Å². The second-order valence-electron chi connectivity index (χ2n) is 7.63. The van der Waals surface area contributed by atoms with Crippen molar-refractivity contribution in [1.29, 1.82) is 0 Å². The predicted octanol–water partition coefficient (Wildman–Crippen LogP) is 1.75. The highest BCUT2D eigenvalue weighted by molar-refractivity contribution is 6.04. The van der Waals surface area contributed by atoms with Gasteiger partial charge in [-0.2, -0.15) is 0 Å². The van der Waals surface area contributed by atoms with E-state index in [1.54, 1.807) is 35.8 Å². The van der Waals surface area contributed by atoms with Crippen molar-refractivity contribution in [3.8, 4) is 0 Å². The first-order valence-electron chi connectivity index (χ1n) is 9.14. The standard InChI is InChI=1S/C19H29N3O4/c1-14(2)7-8-20-17(24)19(3,4)18(25)22-11-9-21(10-12-22)16(23)15-6-5-13-26-15/h5-6,13-14H,7-12H2,1-4H3,(H,20,24). The van der Waals surface area contributed by atoms with Gasteiger partial charge in [0.1, 0.15) is 5.41 Å². The lowest BCUT2D eigenvalue weighted by Gasteiger charge is -2.37. The summed E-state index contributed by atoms with van der Waals surface area (Å²) in [5.41, 5.74) is -1.12. The Balaban J connectivity index is 1.88. The fourth-order valence-corrected chi connectivity index (χ4v) is 2.86. The number of amides is 3. The maximum absolute atomic E-state index is 12.8. The quantitative estimate of drug-likeness (QED) is 0.781. The number of rotatable bonds is 6. The van der Waals surface area contributed by atoms with Gasteiger partial charge >= 0.3 is 0 Å². The minimum atomic E-state index is -1.12. The Morgan fingerprint density at radius 1 is 1.15 bits per heavy atom. The SMILES string of the molecule is CC(C)CCNC(=O)C(C)(C)C(=O)N1CCN(C(=O)c2ccco2)CC1. The highest BCUT2D eigenvalue weighted by Gasteiger charge is 2.40. The third-order valence-electron chi connectivity index (χ3n) is 4.70. The first kappa shape index (κ1) is 20.0. The number of furan rings is 1. The molecule has 26 heavy (non-hydrogen) atoms. The summed E-state index contributed by atoms with van der Waals surface area (Å²) in [7, 11) is 0. The zero-order valence-electron chi connectivity index (χ0n) is 16.1. The van der Waals surface area contributed by atoms with E-state index in [1.165, 1.54) is 6.26 Å². The van der Waals surface area contributed by atoms with Gasteiger partial charge in [0.2, 0.25) is 11.8 Å². The Morgan fingerprint density at radius 3 is 2.31 bits per heavy atom. The van der Waals surface area contributed by atoms with Crippen LogP contribution < -0.4 is 5.32 Å². The molecule has 2 rings (SSSR count). The number of hydrogen-bond acceptors (Lipinski definition) is 4. The van der Waals surface area contributed by atoms with Gasteiger partial charge in [0.05, 0.1) is 6.26 Å². The number of hydrogen-bond donors (Lipinski definition) is 1. The number of nitrogens with one attached hydrogen (secondary N) is 1. The Kier molecular flexibility index (Phi) is 6.45. The van der Waals surface area contributed by atoms with Crippen molar-refractivity contribution in [2.24, 2.45) is 11.3 Å². The van der Waals surface area contributed by atoms with Gasteiger partial charge in [-0.1, -0.05) is 13.8 Å². The monoisotopic (exact) mass is 363 g/mol. The molecule has 0 radical (unpaired) electrons. The van der Waals surface area contributed by atoms with Crippen LogP contribution in [0.1, 0.15) is 44.7 Å². The summed E-state index contributed by atoms with van der Waals surface area (Å²) in [5.74, 6) is 0.165. The topological polar surface area (TPSA) is 82.9 Å². The number of carbonyl (C=O) groups is 3. The molecule has 1 aromatic heterocycles. The van der Waals surface area contributed by atoms with Crippen molar-refractivity contribution >= 4 is 17.7 Å². The van der Waals surface area contributed by atoms with Crippen LogP contribution in [0.15, 0.2) is 22.8 Å². The lowest BCUT2D eigenvalue weighted by molar-refractivity contribution is -0.149. The molecule has 1 saturated heterocycles. The Hall–Kier alpha value is -2.31. The van der Waals surface area contributed by atoms with Gasteiger partial charge in [0.15, 0.2) is 5.76 Å². The summed E-state index contributed by atoms with van der Waals surface area (Å²) in [4.78, 5) is 40.8. The molecule has 7 heteroatoms. The zero-order valence-corrected chi connectivity index (χ0v) is 16.1. The molecule has 3 amide bonds. The van der Waals surface area contributed by atoms with Crippen molar-refractivity contribution in [2.75, 3.05) is 32.7 Å². The molecule has 144 valence electrons. The third kappa shape index (κ3) is 4.65. The normalized spacial score (nSPS) is 15.3. The molecule has 1 aliphatic heterocycles. The Morgan fingerprint density at radius 2 is 1.77 bits per heavy atom. The van der Waals surface area contributed by atoms with E-state index in [0.29, 0.717) is 44.4 Å². The maximum atomic E-state index is 12.8. The first-order chi connectivity index (χ1) is 12.2. The smallest absolute Gasteiger partial charge is 0.289 e. The van der Waals surface area contributed by atoms with Crippen LogP contribution in [-0.4, -0.2) is 60.2 Å². The summed E-state index contributed by atoms with van der Waals surface area (Å²) in [6.07, 6.45) is 2.34. The van der Waals surface area contributed by atoms with E-state index >= 15 is 0 Å². The van der Waals surface area contributed by atoms with Crippen molar-refractivity contribution in [2.45, 2.75) is 34.1 Å². The fourth-order valence-electron chi connectivity index (χ4n) is 2.86. The molecule has 0 spiro atoms. The maximum Gasteiger partial charge on any atom is 0.289 e. The molecule has 0 aromatic carbocycles. The molecule has 2 heterocycles. The van der Waals surface area contributed by atoms with Gasteiger partial charge < -0.3 is 19.5 Å². The molecule has 0 unspecified atom stereocenters. The third-order valence-corrected chi connectivity index (χ3v) is 4.70. The average molecular weight is 363 g/mol. The lowest BCUT2D eigenvalue weighted by Crippen LogP contribution is -2.56. The largest absolute Gasteiger partial charge is 0.459 e. The lowest BCUT2D eigenvalue weighted by atomic mass is 9.89. The molecular weight excluding hydrogens is 334 g/mol. The van der Waals surface area contributed by atoms with Gasteiger partial charge in [-0.25, -0.2) is 0 Å². The van der Waals surface area contributed by atoms with Crippen LogP contribution in [-0.2, 0) is 9.59 Å². The van der Waals surface area contributed by atoms with Crippen LogP contribution in [0.2, 0.25) is 0 Å². The summed E-state index contributed by atoms with van der Waals surface area (Å²) >= 11 is 0. The van der Waals surface area contributed by atoms with E-state index in [2.05, 4.69) is 19.2 Å². The van der Waals surface area contributed by atoms with Crippen molar-refractivity contribution in [3.05, 3.63) is 24.2 Å². The summed E-state index contributed by atoms with van der Waals surface area (Å²) in [6.45, 7) is 9.73. The van der Waals surface area contributed by atoms with E-state index in [1.807, 2.05) is 0 Å². The Bertz CT molecular complexity index is 629. The van der Waals surface area contributed by atoms with Crippen LogP contribution >= 0.6 is 0 Å². The van der Waals surface area contributed by atoms with E-state index in [4.69, 9.17) is 4.42 Å². The summed E-state index contributed by atoms with van der Waals surface area (Å²) in [6, 6.07) is 3.30. The fraction of sp³-hybridized carbons (Fsp3) is 0.632. The van der Waals surface area contributed by atoms with Crippen LogP contribution in [0.4, 0.5) is 0 Å². The minimum absolute atomic E-state index is 0.173. The first-order valence-corrected chi connectivity index (χ1v) is 9.14. The highest BCUT2D eigenvalue weighted by Crippen LogP contribution is 2.21. The summed E-state index contributed by atoms with van der Waals surface area (Å²) in [5, 5.41) is 2.86. The number of carbonyl (C=O) groups excluding carboxylic acids is 3. The minimum Gasteiger partial charge on any atom is -0.459 e. The molecule has 0 saturated carbocycles. The second kappa shape index (κ2) is 8.38. The molecule has 1 aromatic rings. The van der Waals surface area contributed by atoms with Crippen molar-refractivity contribution in [1.82, 2.24) is 15.1 Å². The summed E-state index contributed by atoms with van der Waals surface area (Å²) < 4.78 is 5.14. The van der Waals surface area contributed by atoms with E-state index in [-0.39, 0.29) is 17.7 Å². The molecule has 1 aliphatic rings. The van der Waals surface area contributed by atoms with E-state index in [0.717, 1.165) is 6.42 Å². The van der Waals surface area contributed by atoms with Crippen LogP contribution in [0, 0.1) is 11.3 Å². The van der Waals surface area contributed by atoms with Gasteiger partial charge in [-0.3, -0.25) is 14.4 Å². The number of nitrogens with zero attached hydrogens (tertiary/aromatic N) is 2. The number of piperazine rings is 1. The molecule has 0 aliphatic carbocycles. The second-order valence-corrected chi connectivity index (χ2v) is 7.63.